The van der Waals surface area contributed by atoms with Crippen molar-refractivity contribution in [1.29, 1.82) is 0 Å². The molecule has 0 atom stereocenters. The summed E-state index contributed by atoms with van der Waals surface area (Å²) in [5.74, 6) is -0.0435. The van der Waals surface area contributed by atoms with E-state index in [1.807, 2.05) is 28.8 Å². The standard InChI is InChI=1S/C18H16Cl3N3O2S/c1-26-7-6-24-16-5-3-2-4-14(16)23-18(24)27-10-17(25)22-15-9-12(20)11(19)8-13(15)21/h2-5,8-9H,6-7,10H2,1H3,(H,22,25). The van der Waals surface area contributed by atoms with Crippen LogP contribution in [0.2, 0.25) is 15.1 Å². The summed E-state index contributed by atoms with van der Waals surface area (Å²) >= 11 is 19.3. The van der Waals surface area contributed by atoms with Gasteiger partial charge in [0.05, 0.1) is 44.1 Å². The van der Waals surface area contributed by atoms with Gasteiger partial charge in [0.1, 0.15) is 0 Å². The number of aromatic nitrogens is 2. The molecule has 5 nitrogen and oxygen atoms in total. The maximum atomic E-state index is 12.3. The molecule has 0 saturated carbocycles. The Morgan fingerprint density at radius 1 is 1.19 bits per heavy atom. The van der Waals surface area contributed by atoms with Gasteiger partial charge in [-0.05, 0) is 24.3 Å². The van der Waals surface area contributed by atoms with Gasteiger partial charge >= 0.3 is 0 Å². The van der Waals surface area contributed by atoms with E-state index in [1.54, 1.807) is 7.11 Å². The van der Waals surface area contributed by atoms with Gasteiger partial charge in [0, 0.05) is 13.7 Å². The van der Waals surface area contributed by atoms with Gasteiger partial charge in [-0.1, -0.05) is 58.7 Å². The Balaban J connectivity index is 1.72. The van der Waals surface area contributed by atoms with Crippen molar-refractivity contribution in [3.63, 3.8) is 0 Å². The Morgan fingerprint density at radius 2 is 1.93 bits per heavy atom. The van der Waals surface area contributed by atoms with Gasteiger partial charge in [0.25, 0.3) is 0 Å². The number of benzene rings is 2. The molecule has 1 N–H and O–H groups in total. The molecule has 0 saturated heterocycles. The van der Waals surface area contributed by atoms with E-state index in [1.165, 1.54) is 23.9 Å². The molecule has 0 fully saturated rings. The van der Waals surface area contributed by atoms with E-state index in [0.717, 1.165) is 16.2 Å². The highest BCUT2D eigenvalue weighted by molar-refractivity contribution is 7.99. The van der Waals surface area contributed by atoms with Crippen molar-refractivity contribution in [2.45, 2.75) is 11.7 Å². The highest BCUT2D eigenvalue weighted by Crippen LogP contribution is 2.32. The lowest BCUT2D eigenvalue weighted by Gasteiger charge is -2.10. The number of ether oxygens (including phenoxy) is 1. The van der Waals surface area contributed by atoms with Gasteiger partial charge in [-0.3, -0.25) is 4.79 Å². The van der Waals surface area contributed by atoms with Gasteiger partial charge in [0.2, 0.25) is 5.91 Å². The highest BCUT2D eigenvalue weighted by atomic mass is 35.5. The monoisotopic (exact) mass is 443 g/mol. The number of amides is 1. The molecular weight excluding hydrogens is 429 g/mol. The molecule has 0 bridgehead atoms. The third kappa shape index (κ3) is 4.89. The number of carbonyl (C=O) groups excluding carboxylic acids is 1. The van der Waals surface area contributed by atoms with E-state index in [2.05, 4.69) is 10.3 Å². The van der Waals surface area contributed by atoms with Crippen LogP contribution in [0.15, 0.2) is 41.6 Å². The molecule has 3 aromatic rings. The van der Waals surface area contributed by atoms with E-state index < -0.39 is 0 Å². The van der Waals surface area contributed by atoms with Crippen molar-refractivity contribution in [3.8, 4) is 0 Å². The van der Waals surface area contributed by atoms with Crippen LogP contribution in [0.5, 0.6) is 0 Å². The molecule has 1 aromatic heterocycles. The van der Waals surface area contributed by atoms with Gasteiger partial charge in [-0.2, -0.15) is 0 Å². The summed E-state index contributed by atoms with van der Waals surface area (Å²) in [6.07, 6.45) is 0. The average molecular weight is 445 g/mol. The van der Waals surface area contributed by atoms with Crippen LogP contribution < -0.4 is 5.32 Å². The molecule has 142 valence electrons. The van der Waals surface area contributed by atoms with Crippen LogP contribution >= 0.6 is 46.6 Å². The minimum absolute atomic E-state index is 0.173. The fourth-order valence-electron chi connectivity index (χ4n) is 2.50. The lowest BCUT2D eigenvalue weighted by atomic mass is 10.3. The van der Waals surface area contributed by atoms with E-state index in [4.69, 9.17) is 39.5 Å². The molecule has 1 amide bonds. The van der Waals surface area contributed by atoms with Crippen molar-refractivity contribution in [2.75, 3.05) is 24.8 Å². The van der Waals surface area contributed by atoms with Crippen LogP contribution in [0.4, 0.5) is 5.69 Å². The zero-order valence-electron chi connectivity index (χ0n) is 14.3. The number of halogens is 3. The number of fused-ring (bicyclic) bond motifs is 1. The number of nitrogens with zero attached hydrogens (tertiary/aromatic N) is 2. The minimum atomic E-state index is -0.217. The predicted molar refractivity (Wildman–Crippen MR) is 112 cm³/mol. The lowest BCUT2D eigenvalue weighted by Crippen LogP contribution is -2.15. The molecule has 3 rings (SSSR count). The summed E-state index contributed by atoms with van der Waals surface area (Å²) in [6, 6.07) is 10.9. The Kier molecular flexibility index (Phi) is 6.89. The first-order valence-electron chi connectivity index (χ1n) is 8.01. The third-order valence-corrected chi connectivity index (χ3v) is 5.77. The largest absolute Gasteiger partial charge is 0.383 e. The smallest absolute Gasteiger partial charge is 0.234 e. The lowest BCUT2D eigenvalue weighted by molar-refractivity contribution is -0.113. The summed E-state index contributed by atoms with van der Waals surface area (Å²) in [6.45, 7) is 1.21. The Morgan fingerprint density at radius 3 is 2.70 bits per heavy atom. The van der Waals surface area contributed by atoms with Gasteiger partial charge in [-0.15, -0.1) is 0 Å². The van der Waals surface area contributed by atoms with Crippen LogP contribution in [-0.2, 0) is 16.1 Å². The van der Waals surface area contributed by atoms with Crippen LogP contribution in [0.3, 0.4) is 0 Å². The number of carbonyl (C=O) groups is 1. The molecule has 0 spiro atoms. The molecule has 27 heavy (non-hydrogen) atoms. The van der Waals surface area contributed by atoms with Crippen molar-refractivity contribution in [3.05, 3.63) is 51.5 Å². The van der Waals surface area contributed by atoms with Crippen molar-refractivity contribution >= 4 is 69.2 Å². The molecule has 1 heterocycles. The second-order valence-corrected chi connectivity index (χ2v) is 7.77. The molecule has 0 radical (unpaired) electrons. The molecule has 0 aliphatic carbocycles. The fraction of sp³-hybridized carbons (Fsp3) is 0.222. The molecule has 2 aromatic carbocycles. The van der Waals surface area contributed by atoms with Crippen LogP contribution in [-0.4, -0.2) is 34.9 Å². The number of para-hydroxylation sites is 2. The Bertz CT molecular complexity index is 978. The second-order valence-electron chi connectivity index (χ2n) is 5.61. The molecular formula is C18H16Cl3N3O2S. The number of thioether (sulfide) groups is 1. The number of rotatable bonds is 7. The Labute approximate surface area is 175 Å². The SMILES string of the molecule is COCCn1c(SCC(=O)Nc2cc(Cl)c(Cl)cc2Cl)nc2ccccc21. The number of nitrogens with one attached hydrogen (secondary N) is 1. The van der Waals surface area contributed by atoms with E-state index in [-0.39, 0.29) is 11.7 Å². The zero-order valence-corrected chi connectivity index (χ0v) is 17.4. The molecule has 0 aliphatic heterocycles. The first-order valence-corrected chi connectivity index (χ1v) is 10.1. The second kappa shape index (κ2) is 9.17. The zero-order chi connectivity index (χ0) is 19.4. The van der Waals surface area contributed by atoms with Crippen LogP contribution in [0, 0.1) is 0 Å². The summed E-state index contributed by atoms with van der Waals surface area (Å²) < 4.78 is 7.23. The maximum Gasteiger partial charge on any atom is 0.234 e. The van der Waals surface area contributed by atoms with Crippen molar-refractivity contribution in [2.24, 2.45) is 0 Å². The van der Waals surface area contributed by atoms with Crippen molar-refractivity contribution in [1.82, 2.24) is 9.55 Å². The normalized spacial score (nSPS) is 11.1. The average Bonchev–Trinajstić information content (AvgIpc) is 3.00. The van der Waals surface area contributed by atoms with Crippen LogP contribution in [0.25, 0.3) is 11.0 Å². The summed E-state index contributed by atoms with van der Waals surface area (Å²) in [4.78, 5) is 17.0. The van der Waals surface area contributed by atoms with Crippen LogP contribution in [0.1, 0.15) is 0 Å². The van der Waals surface area contributed by atoms with Gasteiger partial charge < -0.3 is 14.6 Å². The topological polar surface area (TPSA) is 56.1 Å². The van der Waals surface area contributed by atoms with E-state index in [9.17, 15) is 4.79 Å². The molecule has 0 unspecified atom stereocenters. The summed E-state index contributed by atoms with van der Waals surface area (Å²) in [5, 5.41) is 4.49. The molecule has 9 heteroatoms. The number of methoxy groups -OCH3 is 1. The number of hydrogen-bond acceptors (Lipinski definition) is 4. The first-order chi connectivity index (χ1) is 13.0. The maximum absolute atomic E-state index is 12.3. The van der Waals surface area contributed by atoms with E-state index >= 15 is 0 Å². The van der Waals surface area contributed by atoms with Gasteiger partial charge in [-0.25, -0.2) is 4.98 Å². The predicted octanol–water partition coefficient (Wildman–Crippen LogP) is 5.37. The molecule has 0 aliphatic rings. The summed E-state index contributed by atoms with van der Waals surface area (Å²) in [5.41, 5.74) is 2.30. The minimum Gasteiger partial charge on any atom is -0.383 e. The summed E-state index contributed by atoms with van der Waals surface area (Å²) in [7, 11) is 1.65. The Hall–Kier alpha value is -1.44. The van der Waals surface area contributed by atoms with Gasteiger partial charge in [0.15, 0.2) is 5.16 Å². The third-order valence-electron chi connectivity index (χ3n) is 3.75. The quantitative estimate of drug-likeness (QED) is 0.393. The van der Waals surface area contributed by atoms with Crippen molar-refractivity contribution < 1.29 is 9.53 Å². The number of anilines is 1. The number of hydrogen-bond donors (Lipinski definition) is 1. The number of imidazole rings is 1. The first kappa shape index (κ1) is 20.3. The van der Waals surface area contributed by atoms with E-state index in [0.29, 0.717) is 33.9 Å². The highest BCUT2D eigenvalue weighted by Gasteiger charge is 2.14. The fourth-order valence-corrected chi connectivity index (χ4v) is 3.93.